The van der Waals surface area contributed by atoms with Gasteiger partial charge in [0.2, 0.25) is 0 Å². The van der Waals surface area contributed by atoms with Gasteiger partial charge in [0.15, 0.2) is 0 Å². The molecule has 0 aliphatic heterocycles. The maximum absolute atomic E-state index is 2.41. The predicted octanol–water partition coefficient (Wildman–Crippen LogP) is 5.29. The normalized spacial score (nSPS) is 23.9. The van der Waals surface area contributed by atoms with Crippen LogP contribution >= 0.6 is 0 Å². The first-order chi connectivity index (χ1) is 10.4. The first-order valence-electron chi connectivity index (χ1n) is 7.64. The Kier molecular flexibility index (Phi) is 3.08. The summed E-state index contributed by atoms with van der Waals surface area (Å²) in [5, 5.41) is 0. The van der Waals surface area contributed by atoms with E-state index >= 15 is 0 Å². The van der Waals surface area contributed by atoms with Crippen molar-refractivity contribution in [2.24, 2.45) is 5.92 Å². The Hall–Kier alpha value is -2.34. The Morgan fingerprint density at radius 1 is 0.810 bits per heavy atom. The van der Waals surface area contributed by atoms with E-state index in [1.54, 1.807) is 0 Å². The smallest absolute Gasteiger partial charge is 0.0155 e. The molecule has 21 heavy (non-hydrogen) atoms. The molecule has 0 heteroatoms. The highest BCUT2D eigenvalue weighted by molar-refractivity contribution is 5.89. The minimum absolute atomic E-state index is 0.607. The third kappa shape index (κ3) is 2.38. The summed E-state index contributed by atoms with van der Waals surface area (Å²) in [6.07, 6.45) is 11.7. The number of hydrogen-bond acceptors (Lipinski definition) is 0. The molecule has 0 radical (unpaired) electrons. The lowest BCUT2D eigenvalue weighted by atomic mass is 9.95. The second kappa shape index (κ2) is 5.21. The van der Waals surface area contributed by atoms with Crippen LogP contribution in [0.15, 0.2) is 78.9 Å². The SMILES string of the molecule is C1=C2/C=C(c3ccccc3)\C=C/C(C1)Cc1ccccc12. The topological polar surface area (TPSA) is 0 Å². The molecule has 1 unspecified atom stereocenters. The monoisotopic (exact) mass is 270 g/mol. The number of benzene rings is 2. The molecule has 102 valence electrons. The fourth-order valence-corrected chi connectivity index (χ4v) is 3.28. The standard InChI is InChI=1S/C21H18/c1-2-6-17(7-3-1)18-12-10-16-11-13-20(15-18)21-9-5-4-8-19(21)14-16/h1-10,12-13,15-16H,11,14H2/b12-10-,18-15+. The molecule has 0 aromatic heterocycles. The van der Waals surface area contributed by atoms with E-state index in [4.69, 9.17) is 0 Å². The van der Waals surface area contributed by atoms with E-state index in [2.05, 4.69) is 78.9 Å². The molecule has 0 heterocycles. The summed E-state index contributed by atoms with van der Waals surface area (Å²) in [6, 6.07) is 19.5. The van der Waals surface area contributed by atoms with E-state index in [-0.39, 0.29) is 0 Å². The van der Waals surface area contributed by atoms with Crippen LogP contribution in [0.1, 0.15) is 23.1 Å². The number of rotatable bonds is 1. The predicted molar refractivity (Wildman–Crippen MR) is 89.8 cm³/mol. The largest absolute Gasteiger partial charge is 0.0802 e. The maximum atomic E-state index is 2.41. The molecule has 2 aliphatic rings. The van der Waals surface area contributed by atoms with Gasteiger partial charge in [-0.15, -0.1) is 0 Å². The van der Waals surface area contributed by atoms with Gasteiger partial charge >= 0.3 is 0 Å². The van der Waals surface area contributed by atoms with Gasteiger partial charge in [-0.25, -0.2) is 0 Å². The molecule has 0 amide bonds. The van der Waals surface area contributed by atoms with Crippen molar-refractivity contribution in [2.75, 3.05) is 0 Å². The lowest BCUT2D eigenvalue weighted by Gasteiger charge is -2.10. The van der Waals surface area contributed by atoms with Crippen LogP contribution in [-0.2, 0) is 6.42 Å². The zero-order chi connectivity index (χ0) is 14.1. The highest BCUT2D eigenvalue weighted by atomic mass is 14.2. The molecule has 0 nitrogen and oxygen atoms in total. The van der Waals surface area contributed by atoms with Gasteiger partial charge in [-0.3, -0.25) is 0 Å². The first-order valence-corrected chi connectivity index (χ1v) is 7.64. The van der Waals surface area contributed by atoms with Crippen molar-refractivity contribution >= 4 is 11.1 Å². The summed E-state index contributed by atoms with van der Waals surface area (Å²) in [6.45, 7) is 0. The van der Waals surface area contributed by atoms with E-state index in [0.717, 1.165) is 12.8 Å². The zero-order valence-corrected chi connectivity index (χ0v) is 12.0. The lowest BCUT2D eigenvalue weighted by Crippen LogP contribution is -1.99. The summed E-state index contributed by atoms with van der Waals surface area (Å²) < 4.78 is 0. The molecule has 2 bridgehead atoms. The zero-order valence-electron chi connectivity index (χ0n) is 12.0. The van der Waals surface area contributed by atoms with Crippen LogP contribution in [0.25, 0.3) is 11.1 Å². The molecule has 2 aromatic rings. The van der Waals surface area contributed by atoms with Crippen molar-refractivity contribution in [2.45, 2.75) is 12.8 Å². The number of allylic oxidation sites excluding steroid dienone is 6. The van der Waals surface area contributed by atoms with Gasteiger partial charge in [-0.1, -0.05) is 72.8 Å². The minimum atomic E-state index is 0.607. The molecular weight excluding hydrogens is 252 g/mol. The summed E-state index contributed by atoms with van der Waals surface area (Å²) >= 11 is 0. The summed E-state index contributed by atoms with van der Waals surface area (Å²) in [5.74, 6) is 0.607. The maximum Gasteiger partial charge on any atom is -0.0155 e. The molecule has 1 atom stereocenters. The van der Waals surface area contributed by atoms with Gasteiger partial charge in [0.25, 0.3) is 0 Å². The quantitative estimate of drug-likeness (QED) is 0.661. The number of hydrogen-bond donors (Lipinski definition) is 0. The van der Waals surface area contributed by atoms with E-state index in [0.29, 0.717) is 5.92 Å². The molecule has 2 aliphatic carbocycles. The van der Waals surface area contributed by atoms with Gasteiger partial charge in [0.1, 0.15) is 0 Å². The van der Waals surface area contributed by atoms with Crippen molar-refractivity contribution in [1.82, 2.24) is 0 Å². The van der Waals surface area contributed by atoms with Crippen molar-refractivity contribution in [3.8, 4) is 0 Å². The Balaban J connectivity index is 1.88. The Bertz CT molecular complexity index is 745. The van der Waals surface area contributed by atoms with Crippen molar-refractivity contribution in [3.05, 3.63) is 95.6 Å². The average Bonchev–Trinajstić information content (AvgIpc) is 2.64. The van der Waals surface area contributed by atoms with E-state index in [9.17, 15) is 0 Å². The van der Waals surface area contributed by atoms with Crippen molar-refractivity contribution < 1.29 is 0 Å². The molecule has 0 saturated heterocycles. The van der Waals surface area contributed by atoms with Gasteiger partial charge in [0.05, 0.1) is 0 Å². The fraction of sp³-hybridized carbons (Fsp3) is 0.143. The van der Waals surface area contributed by atoms with Crippen LogP contribution in [-0.4, -0.2) is 0 Å². The summed E-state index contributed by atoms with van der Waals surface area (Å²) in [7, 11) is 0. The van der Waals surface area contributed by atoms with E-state index in [1.807, 2.05) is 0 Å². The van der Waals surface area contributed by atoms with Crippen LogP contribution < -0.4 is 0 Å². The first kappa shape index (κ1) is 12.4. The highest BCUT2D eigenvalue weighted by Crippen LogP contribution is 2.34. The Morgan fingerprint density at radius 3 is 2.52 bits per heavy atom. The molecule has 0 spiro atoms. The van der Waals surface area contributed by atoms with E-state index < -0.39 is 0 Å². The molecule has 0 fully saturated rings. The second-order valence-corrected chi connectivity index (χ2v) is 5.84. The minimum Gasteiger partial charge on any atom is -0.0802 e. The third-order valence-corrected chi connectivity index (χ3v) is 4.42. The van der Waals surface area contributed by atoms with Gasteiger partial charge in [-0.05, 0) is 52.7 Å². The van der Waals surface area contributed by atoms with E-state index in [1.165, 1.54) is 27.8 Å². The molecule has 4 rings (SSSR count). The molecule has 0 saturated carbocycles. The van der Waals surface area contributed by atoms with Gasteiger partial charge in [0, 0.05) is 0 Å². The second-order valence-electron chi connectivity index (χ2n) is 5.84. The summed E-state index contributed by atoms with van der Waals surface area (Å²) in [4.78, 5) is 0. The average molecular weight is 270 g/mol. The van der Waals surface area contributed by atoms with Crippen LogP contribution in [0.3, 0.4) is 0 Å². The van der Waals surface area contributed by atoms with Crippen LogP contribution in [0.4, 0.5) is 0 Å². The van der Waals surface area contributed by atoms with Crippen molar-refractivity contribution in [3.63, 3.8) is 0 Å². The van der Waals surface area contributed by atoms with Crippen molar-refractivity contribution in [1.29, 1.82) is 0 Å². The molecule has 2 aromatic carbocycles. The summed E-state index contributed by atoms with van der Waals surface area (Å²) in [5.41, 5.74) is 6.85. The Morgan fingerprint density at radius 2 is 1.62 bits per heavy atom. The van der Waals surface area contributed by atoms with Crippen LogP contribution in [0.5, 0.6) is 0 Å². The van der Waals surface area contributed by atoms with Crippen LogP contribution in [0, 0.1) is 5.92 Å². The Labute approximate surface area is 126 Å². The van der Waals surface area contributed by atoms with Gasteiger partial charge < -0.3 is 0 Å². The number of fused-ring (bicyclic) bond motifs is 4. The lowest BCUT2D eigenvalue weighted by molar-refractivity contribution is 0.664. The fourth-order valence-electron chi connectivity index (χ4n) is 3.28. The molecular formula is C21H18. The molecule has 0 N–H and O–H groups in total. The third-order valence-electron chi connectivity index (χ3n) is 4.42. The van der Waals surface area contributed by atoms with Gasteiger partial charge in [-0.2, -0.15) is 0 Å². The van der Waals surface area contributed by atoms with Crippen LogP contribution in [0.2, 0.25) is 0 Å². The highest BCUT2D eigenvalue weighted by Gasteiger charge is 2.17.